The van der Waals surface area contributed by atoms with Crippen molar-refractivity contribution in [1.29, 1.82) is 0 Å². The molecule has 29 heavy (non-hydrogen) atoms. The summed E-state index contributed by atoms with van der Waals surface area (Å²) in [6.07, 6.45) is 0. The molecule has 0 radical (unpaired) electrons. The zero-order valence-electron chi connectivity index (χ0n) is 23.0. The molecular formula is C29H62. The summed E-state index contributed by atoms with van der Waals surface area (Å²) >= 11 is 0. The van der Waals surface area contributed by atoms with Gasteiger partial charge in [-0.2, -0.15) is 12.8 Å². The fourth-order valence-corrected chi connectivity index (χ4v) is 0. The van der Waals surface area contributed by atoms with Crippen LogP contribution in [-0.4, -0.2) is 0 Å². The Morgan fingerprint density at radius 1 is 0.690 bits per heavy atom. The lowest BCUT2D eigenvalue weighted by molar-refractivity contribution is 0.544. The molecule has 0 saturated carbocycles. The summed E-state index contributed by atoms with van der Waals surface area (Å²) in [5.74, 6) is 3.13. The molecule has 0 heteroatoms. The van der Waals surface area contributed by atoms with Crippen LogP contribution in [0, 0.1) is 110 Å². The maximum Gasteiger partial charge on any atom is 0.0897 e. The van der Waals surface area contributed by atoms with Crippen molar-refractivity contribution in [1.82, 2.24) is 0 Å². The average molecular weight is 411 g/mol. The molecule has 0 nitrogen and oxygen atoms in total. The summed E-state index contributed by atoms with van der Waals surface area (Å²) in [6.45, 7) is 60.1. The highest BCUT2D eigenvalue weighted by molar-refractivity contribution is 4.71. The maximum absolute atomic E-state index is 3.78. The van der Waals surface area contributed by atoms with Crippen molar-refractivity contribution in [2.24, 2.45) is 40.9 Å². The van der Waals surface area contributed by atoms with Crippen LogP contribution in [0.5, 0.6) is 0 Å². The molecule has 0 aromatic rings. The summed E-state index contributed by atoms with van der Waals surface area (Å²) in [4.78, 5) is 0. The molecule has 0 bridgehead atoms. The van der Waals surface area contributed by atoms with Crippen LogP contribution >= 0.6 is 0 Å². The monoisotopic (exact) mass is 410 g/mol. The average Bonchev–Trinajstić information content (AvgIpc) is 2.48. The summed E-state index contributed by atoms with van der Waals surface area (Å²) in [6, 6.07) is 0. The van der Waals surface area contributed by atoms with Crippen LogP contribution in [0.3, 0.4) is 0 Å². The lowest BCUT2D eigenvalue weighted by Crippen LogP contribution is -1.96. The summed E-state index contributed by atoms with van der Waals surface area (Å²) < 4.78 is 0. The molecule has 0 aliphatic rings. The second kappa shape index (κ2) is 34.8. The second-order valence-corrected chi connectivity index (χ2v) is 8.91. The van der Waals surface area contributed by atoms with E-state index in [9.17, 15) is 0 Å². The van der Waals surface area contributed by atoms with Crippen molar-refractivity contribution in [3.63, 3.8) is 0 Å². The first-order valence-corrected chi connectivity index (χ1v) is 10.9. The fourth-order valence-electron chi connectivity index (χ4n) is 0. The van der Waals surface area contributed by atoms with Gasteiger partial charge in [0.05, 0.1) is 39.5 Å². The SMILES string of the molecule is [CH2+]C.[CH2+]C(C)C.[CH2+]C(C)C([CH2-])C.[CH2+]C([CH2-])(C)C.[CH2+]C([CH2-])C(C)C.[CH2-]C.[CH2-]C(C)C. The quantitative estimate of drug-likeness (QED) is 0.397. The lowest BCUT2D eigenvalue weighted by atomic mass is 10.0. The van der Waals surface area contributed by atoms with Crippen LogP contribution in [0.4, 0.5) is 0 Å². The van der Waals surface area contributed by atoms with Crippen LogP contribution in [0.15, 0.2) is 0 Å². The van der Waals surface area contributed by atoms with Gasteiger partial charge in [-0.3, -0.25) is 13.8 Å². The Morgan fingerprint density at radius 2 is 0.759 bits per heavy atom. The minimum absolute atomic E-state index is 0. The Kier molecular flexibility index (Phi) is 55.9. The standard InChI is InChI=1S/2C6H12.C5H10.2C4H9.2C2H5/c2*1-5(2)6(3)4;1-5(2,3)4;2*1-4(2)3;2*1-2/h5-6H,1,3H2,2,4H3;5-6H,1-2H2,3-4H3;1-2H2,3-4H3;2*4H,1H2,2-3H3;2*1H2,2H3/q;;;-1;+1;-1;+1. The van der Waals surface area contributed by atoms with E-state index in [-0.39, 0.29) is 5.41 Å². The van der Waals surface area contributed by atoms with Crippen molar-refractivity contribution in [2.75, 3.05) is 0 Å². The fraction of sp³-hybridized carbons (Fsp3) is 0.655. The normalized spacial score (nSPS) is 12.1. The highest BCUT2D eigenvalue weighted by Crippen LogP contribution is 2.06. The molecule has 0 spiro atoms. The molecule has 0 aliphatic carbocycles. The van der Waals surface area contributed by atoms with E-state index in [1.54, 1.807) is 13.8 Å². The zero-order chi connectivity index (χ0) is 26.0. The summed E-state index contributed by atoms with van der Waals surface area (Å²) in [5.41, 5.74) is 0. The van der Waals surface area contributed by atoms with Crippen LogP contribution in [0.1, 0.15) is 83.1 Å². The van der Waals surface area contributed by atoms with Gasteiger partial charge in [0.15, 0.2) is 0 Å². The van der Waals surface area contributed by atoms with E-state index in [0.717, 1.165) is 0 Å². The van der Waals surface area contributed by atoms with Crippen molar-refractivity contribution in [3.8, 4) is 0 Å². The van der Waals surface area contributed by atoms with Crippen molar-refractivity contribution in [2.45, 2.75) is 83.1 Å². The Balaban J connectivity index is -0.0000000403. The van der Waals surface area contributed by atoms with Gasteiger partial charge in [-0.15, -0.1) is 5.92 Å². The molecule has 0 fully saturated rings. The molecule has 0 aromatic heterocycles. The van der Waals surface area contributed by atoms with Crippen LogP contribution in [-0.2, 0) is 0 Å². The Hall–Kier alpha value is -0.650. The van der Waals surface area contributed by atoms with E-state index in [2.05, 4.69) is 125 Å². The largest absolute Gasteiger partial charge is 0.346 e. The third-order valence-electron chi connectivity index (χ3n) is 1.91. The van der Waals surface area contributed by atoms with Gasteiger partial charge in [0.25, 0.3) is 0 Å². The van der Waals surface area contributed by atoms with E-state index in [4.69, 9.17) is 0 Å². The molecule has 178 valence electrons. The molecule has 0 amide bonds. The van der Waals surface area contributed by atoms with Gasteiger partial charge >= 0.3 is 0 Å². The predicted molar refractivity (Wildman–Crippen MR) is 145 cm³/mol. The molecule has 0 rings (SSSR count). The van der Waals surface area contributed by atoms with E-state index in [0.29, 0.717) is 35.5 Å². The summed E-state index contributed by atoms with van der Waals surface area (Å²) in [7, 11) is 0. The Morgan fingerprint density at radius 3 is 0.759 bits per heavy atom. The number of hydrogen-bond donors (Lipinski definition) is 0. The molecular weight excluding hydrogens is 348 g/mol. The third kappa shape index (κ3) is 325. The van der Waals surface area contributed by atoms with Gasteiger partial charge in [0, 0.05) is 13.8 Å². The van der Waals surface area contributed by atoms with E-state index in [1.165, 1.54) is 0 Å². The summed E-state index contributed by atoms with van der Waals surface area (Å²) in [5, 5.41) is 0. The van der Waals surface area contributed by atoms with Crippen LogP contribution in [0.25, 0.3) is 0 Å². The Bertz CT molecular complexity index is 157. The number of hydrogen-bond acceptors (Lipinski definition) is 0. The van der Waals surface area contributed by atoms with Crippen LogP contribution < -0.4 is 0 Å². The first-order valence-electron chi connectivity index (χ1n) is 10.9. The van der Waals surface area contributed by atoms with Crippen molar-refractivity contribution < 1.29 is 0 Å². The van der Waals surface area contributed by atoms with Gasteiger partial charge in [0.2, 0.25) is 0 Å². The molecule has 0 N–H and O–H groups in total. The van der Waals surface area contributed by atoms with E-state index < -0.39 is 0 Å². The molecule has 0 heterocycles. The van der Waals surface area contributed by atoms with Crippen LogP contribution in [0.2, 0.25) is 0 Å². The molecule has 0 aliphatic heterocycles. The van der Waals surface area contributed by atoms with Crippen molar-refractivity contribution >= 4 is 0 Å². The van der Waals surface area contributed by atoms with E-state index >= 15 is 0 Å². The zero-order valence-corrected chi connectivity index (χ0v) is 23.0. The molecule has 2 unspecified atom stereocenters. The van der Waals surface area contributed by atoms with Gasteiger partial charge in [-0.1, -0.05) is 34.6 Å². The second-order valence-electron chi connectivity index (χ2n) is 8.91. The van der Waals surface area contributed by atoms with Gasteiger partial charge in [0.1, 0.15) is 0 Å². The van der Waals surface area contributed by atoms with Gasteiger partial charge in [-0.25, -0.2) is 0 Å². The third-order valence-corrected chi connectivity index (χ3v) is 1.91. The smallest absolute Gasteiger partial charge is 0.0897 e. The molecule has 0 aromatic carbocycles. The van der Waals surface area contributed by atoms with Gasteiger partial charge in [-0.05, 0) is 51.9 Å². The highest BCUT2D eigenvalue weighted by atomic mass is 14.0. The van der Waals surface area contributed by atoms with E-state index in [1.807, 2.05) is 13.8 Å². The first kappa shape index (κ1) is 46.5. The first-order chi connectivity index (χ1) is 12.7. The molecule has 2 atom stereocenters. The van der Waals surface area contributed by atoms with Crippen molar-refractivity contribution in [3.05, 3.63) is 69.2 Å². The predicted octanol–water partition coefficient (Wildman–Crippen LogP) is 10.2. The molecule has 0 saturated heterocycles. The Labute approximate surface area is 193 Å². The highest BCUT2D eigenvalue weighted by Gasteiger charge is 1.97. The minimum atomic E-state index is 0. The lowest BCUT2D eigenvalue weighted by Gasteiger charge is -2.06. The maximum atomic E-state index is 3.78. The topological polar surface area (TPSA) is 0 Å². The number of rotatable bonds is 2. The minimum Gasteiger partial charge on any atom is -0.346 e. The van der Waals surface area contributed by atoms with Gasteiger partial charge < -0.3 is 20.8 Å².